The van der Waals surface area contributed by atoms with Gasteiger partial charge in [-0.05, 0) is 37.1 Å². The van der Waals surface area contributed by atoms with Crippen molar-refractivity contribution in [3.63, 3.8) is 0 Å². The van der Waals surface area contributed by atoms with Crippen molar-refractivity contribution in [3.05, 3.63) is 54.6 Å². The number of halogens is 1. The van der Waals surface area contributed by atoms with Gasteiger partial charge in [0.2, 0.25) is 5.95 Å². The molecular weight excluding hydrogens is 357 g/mol. The molecule has 0 atom stereocenters. The van der Waals surface area contributed by atoms with Gasteiger partial charge in [0.25, 0.3) is 0 Å². The molecule has 6 nitrogen and oxygen atoms in total. The van der Waals surface area contributed by atoms with Gasteiger partial charge in [0.1, 0.15) is 5.82 Å². The lowest BCUT2D eigenvalue weighted by Gasteiger charge is -2.15. The average Bonchev–Trinajstić information content (AvgIpc) is 3.22. The van der Waals surface area contributed by atoms with E-state index in [1.54, 1.807) is 24.5 Å². The predicted octanol–water partition coefficient (Wildman–Crippen LogP) is 4.78. The number of rotatable bonds is 6. The van der Waals surface area contributed by atoms with Crippen LogP contribution < -0.4 is 15.4 Å². The molecular formula is C21H22FN5O. The number of nitrogens with zero attached hydrogens (tertiary/aromatic N) is 3. The van der Waals surface area contributed by atoms with E-state index in [-0.39, 0.29) is 5.75 Å². The van der Waals surface area contributed by atoms with E-state index in [1.165, 1.54) is 26.0 Å². The Labute approximate surface area is 163 Å². The first-order valence-corrected chi connectivity index (χ1v) is 9.38. The maximum Gasteiger partial charge on any atom is 0.225 e. The third-order valence-corrected chi connectivity index (χ3v) is 4.81. The molecule has 0 unspecified atom stereocenters. The topological polar surface area (TPSA) is 72.0 Å². The molecule has 2 heterocycles. The van der Waals surface area contributed by atoms with Crippen LogP contribution in [0.25, 0.3) is 11.3 Å². The molecule has 0 spiro atoms. The number of nitrogens with one attached hydrogen (secondary N) is 2. The first-order chi connectivity index (χ1) is 13.7. The van der Waals surface area contributed by atoms with E-state index in [9.17, 15) is 4.39 Å². The van der Waals surface area contributed by atoms with Crippen LogP contribution in [0.2, 0.25) is 0 Å². The summed E-state index contributed by atoms with van der Waals surface area (Å²) < 4.78 is 19.0. The molecule has 1 aliphatic rings. The summed E-state index contributed by atoms with van der Waals surface area (Å²) in [6.07, 6.45) is 8.14. The second-order valence-electron chi connectivity index (χ2n) is 6.80. The van der Waals surface area contributed by atoms with Crippen molar-refractivity contribution >= 4 is 17.5 Å². The zero-order valence-corrected chi connectivity index (χ0v) is 15.7. The molecule has 1 aliphatic carbocycles. The maximum absolute atomic E-state index is 14.0. The number of hydrogen-bond donors (Lipinski definition) is 2. The van der Waals surface area contributed by atoms with Crippen molar-refractivity contribution in [1.29, 1.82) is 0 Å². The van der Waals surface area contributed by atoms with E-state index < -0.39 is 5.82 Å². The van der Waals surface area contributed by atoms with E-state index in [0.717, 1.165) is 24.1 Å². The average molecular weight is 379 g/mol. The largest absolute Gasteiger partial charge is 0.494 e. The van der Waals surface area contributed by atoms with Crippen molar-refractivity contribution < 1.29 is 9.13 Å². The van der Waals surface area contributed by atoms with Crippen LogP contribution in [-0.2, 0) is 0 Å². The minimum atomic E-state index is -0.430. The maximum atomic E-state index is 14.0. The van der Waals surface area contributed by atoms with Crippen LogP contribution in [0.4, 0.5) is 21.8 Å². The Morgan fingerprint density at radius 3 is 2.54 bits per heavy atom. The molecule has 1 fully saturated rings. The Morgan fingerprint density at radius 2 is 1.82 bits per heavy atom. The van der Waals surface area contributed by atoms with Gasteiger partial charge in [0, 0.05) is 41.8 Å². The summed E-state index contributed by atoms with van der Waals surface area (Å²) in [5.74, 6) is 0.930. The standard InChI is InChI=1S/C21H22FN5O/c1-28-19-7-6-16(12-17(19)22)24-20-13-18(14-8-10-23-11-9-14)26-21(27-20)25-15-4-2-3-5-15/h6-13,15H,2-5H2,1H3,(H2,24,25,26,27). The van der Waals surface area contributed by atoms with Gasteiger partial charge in [-0.2, -0.15) is 4.98 Å². The second kappa shape index (κ2) is 8.21. The molecule has 7 heteroatoms. The number of benzene rings is 1. The SMILES string of the molecule is COc1ccc(Nc2cc(-c3ccncc3)nc(NC3CCCC3)n2)cc1F. The summed E-state index contributed by atoms with van der Waals surface area (Å²) in [4.78, 5) is 13.3. The molecule has 0 saturated heterocycles. The van der Waals surface area contributed by atoms with E-state index in [0.29, 0.717) is 23.5 Å². The van der Waals surface area contributed by atoms with Gasteiger partial charge in [-0.25, -0.2) is 9.37 Å². The first-order valence-electron chi connectivity index (χ1n) is 9.38. The number of aromatic nitrogens is 3. The van der Waals surface area contributed by atoms with Crippen LogP contribution in [0.15, 0.2) is 48.8 Å². The lowest BCUT2D eigenvalue weighted by Crippen LogP contribution is -2.17. The van der Waals surface area contributed by atoms with Gasteiger partial charge < -0.3 is 15.4 Å². The van der Waals surface area contributed by atoms with E-state index >= 15 is 0 Å². The summed E-state index contributed by atoms with van der Waals surface area (Å²) in [6.45, 7) is 0. The van der Waals surface area contributed by atoms with Crippen LogP contribution in [0, 0.1) is 5.82 Å². The monoisotopic (exact) mass is 379 g/mol. The minimum Gasteiger partial charge on any atom is -0.494 e. The summed E-state index contributed by atoms with van der Waals surface area (Å²) in [5, 5.41) is 6.60. The van der Waals surface area contributed by atoms with E-state index in [1.807, 2.05) is 18.2 Å². The molecule has 28 heavy (non-hydrogen) atoms. The summed E-state index contributed by atoms with van der Waals surface area (Å²) >= 11 is 0. The fraction of sp³-hybridized carbons (Fsp3) is 0.286. The normalized spacial score (nSPS) is 14.1. The Morgan fingerprint density at radius 1 is 1.04 bits per heavy atom. The highest BCUT2D eigenvalue weighted by Gasteiger charge is 2.17. The lowest BCUT2D eigenvalue weighted by atomic mass is 10.2. The van der Waals surface area contributed by atoms with Crippen molar-refractivity contribution in [3.8, 4) is 17.0 Å². The molecule has 1 saturated carbocycles. The number of hydrogen-bond acceptors (Lipinski definition) is 6. The van der Waals surface area contributed by atoms with Crippen LogP contribution >= 0.6 is 0 Å². The van der Waals surface area contributed by atoms with Crippen molar-refractivity contribution in [1.82, 2.24) is 15.0 Å². The molecule has 1 aromatic carbocycles. The van der Waals surface area contributed by atoms with Crippen molar-refractivity contribution in [2.75, 3.05) is 17.7 Å². The molecule has 2 aromatic heterocycles. The Balaban J connectivity index is 1.65. The molecule has 3 aromatic rings. The summed E-state index contributed by atoms with van der Waals surface area (Å²) in [6, 6.07) is 10.8. The Hall–Kier alpha value is -3.22. The molecule has 0 radical (unpaired) electrons. The smallest absolute Gasteiger partial charge is 0.225 e. The highest BCUT2D eigenvalue weighted by atomic mass is 19.1. The molecule has 0 aliphatic heterocycles. The van der Waals surface area contributed by atoms with Crippen LogP contribution in [0.1, 0.15) is 25.7 Å². The lowest BCUT2D eigenvalue weighted by molar-refractivity contribution is 0.386. The first kappa shape index (κ1) is 18.2. The van der Waals surface area contributed by atoms with Crippen LogP contribution in [0.5, 0.6) is 5.75 Å². The molecule has 0 bridgehead atoms. The Kier molecular flexibility index (Phi) is 5.32. The third kappa shape index (κ3) is 4.19. The zero-order valence-electron chi connectivity index (χ0n) is 15.7. The van der Waals surface area contributed by atoms with E-state index in [4.69, 9.17) is 4.74 Å². The highest BCUT2D eigenvalue weighted by molar-refractivity contribution is 5.67. The number of pyridine rings is 1. The van der Waals surface area contributed by atoms with Gasteiger partial charge in [-0.1, -0.05) is 12.8 Å². The minimum absolute atomic E-state index is 0.203. The predicted molar refractivity (Wildman–Crippen MR) is 107 cm³/mol. The van der Waals surface area contributed by atoms with Crippen molar-refractivity contribution in [2.45, 2.75) is 31.7 Å². The number of ether oxygens (including phenoxy) is 1. The van der Waals surface area contributed by atoms with Crippen LogP contribution in [0.3, 0.4) is 0 Å². The molecule has 0 amide bonds. The quantitative estimate of drug-likeness (QED) is 0.642. The van der Waals surface area contributed by atoms with Gasteiger partial charge in [-0.3, -0.25) is 4.98 Å². The zero-order chi connectivity index (χ0) is 19.3. The van der Waals surface area contributed by atoms with Gasteiger partial charge >= 0.3 is 0 Å². The fourth-order valence-corrected chi connectivity index (χ4v) is 3.39. The number of anilines is 3. The summed E-state index contributed by atoms with van der Waals surface area (Å²) in [5.41, 5.74) is 2.30. The summed E-state index contributed by atoms with van der Waals surface area (Å²) in [7, 11) is 1.44. The van der Waals surface area contributed by atoms with Gasteiger partial charge in [0.15, 0.2) is 11.6 Å². The fourth-order valence-electron chi connectivity index (χ4n) is 3.39. The van der Waals surface area contributed by atoms with Gasteiger partial charge in [0.05, 0.1) is 12.8 Å². The molecule has 144 valence electrons. The third-order valence-electron chi connectivity index (χ3n) is 4.81. The van der Waals surface area contributed by atoms with E-state index in [2.05, 4.69) is 25.6 Å². The van der Waals surface area contributed by atoms with Gasteiger partial charge in [-0.15, -0.1) is 0 Å². The Bertz CT molecular complexity index is 945. The van der Waals surface area contributed by atoms with Crippen LogP contribution in [-0.4, -0.2) is 28.1 Å². The highest BCUT2D eigenvalue weighted by Crippen LogP contribution is 2.27. The second-order valence-corrected chi connectivity index (χ2v) is 6.80. The number of methoxy groups -OCH3 is 1. The van der Waals surface area contributed by atoms with Crippen molar-refractivity contribution in [2.24, 2.45) is 0 Å². The molecule has 2 N–H and O–H groups in total. The molecule has 4 rings (SSSR count).